The van der Waals surface area contributed by atoms with Gasteiger partial charge in [-0.05, 0) is 67.6 Å². The summed E-state index contributed by atoms with van der Waals surface area (Å²) in [5, 5.41) is 12.0. The Morgan fingerprint density at radius 3 is 2.47 bits per heavy atom. The maximum atomic E-state index is 13.5. The van der Waals surface area contributed by atoms with E-state index in [1.807, 2.05) is 0 Å². The van der Waals surface area contributed by atoms with Crippen molar-refractivity contribution in [3.8, 4) is 5.75 Å². The topological polar surface area (TPSA) is 75.6 Å². The SMILES string of the molecule is O=C(O)c1ccc2c(c1)[C@]1(CC[C@@H](Oc3ccc(F)c(C(F)(F)F)c3)CC1)C(=O)N2. The Morgan fingerprint density at radius 2 is 1.83 bits per heavy atom. The zero-order valence-electron chi connectivity index (χ0n) is 15.6. The zero-order chi connectivity index (χ0) is 21.7. The fourth-order valence-corrected chi connectivity index (χ4v) is 4.23. The Hall–Kier alpha value is -3.10. The van der Waals surface area contributed by atoms with Crippen LogP contribution in [0, 0.1) is 5.82 Å². The van der Waals surface area contributed by atoms with Crippen molar-refractivity contribution in [3.05, 3.63) is 58.9 Å². The molecule has 1 spiro atoms. The second kappa shape index (κ2) is 7.00. The normalized spacial score (nSPS) is 23.2. The minimum Gasteiger partial charge on any atom is -0.490 e. The molecular weight excluding hydrogens is 406 g/mol. The highest BCUT2D eigenvalue weighted by atomic mass is 19.4. The van der Waals surface area contributed by atoms with Crippen LogP contribution >= 0.6 is 0 Å². The number of aromatic carboxylic acids is 1. The average Bonchev–Trinajstić information content (AvgIpc) is 2.95. The van der Waals surface area contributed by atoms with Gasteiger partial charge in [0.05, 0.1) is 22.6 Å². The quantitative estimate of drug-likeness (QED) is 0.699. The van der Waals surface area contributed by atoms with Crippen molar-refractivity contribution in [2.75, 3.05) is 5.32 Å². The van der Waals surface area contributed by atoms with Crippen LogP contribution in [0.2, 0.25) is 0 Å². The first kappa shape index (κ1) is 20.2. The maximum Gasteiger partial charge on any atom is 0.419 e. The fourth-order valence-electron chi connectivity index (χ4n) is 4.23. The molecule has 5 nitrogen and oxygen atoms in total. The molecule has 2 aromatic carbocycles. The number of benzene rings is 2. The molecule has 1 amide bonds. The number of hydrogen-bond acceptors (Lipinski definition) is 3. The predicted octanol–water partition coefficient (Wildman–Crippen LogP) is 4.75. The van der Waals surface area contributed by atoms with Gasteiger partial charge < -0.3 is 15.2 Å². The van der Waals surface area contributed by atoms with Crippen LogP contribution in [0.25, 0.3) is 0 Å². The lowest BCUT2D eigenvalue weighted by molar-refractivity contribution is -0.140. The second-order valence-corrected chi connectivity index (χ2v) is 7.56. The Kier molecular flexibility index (Phi) is 4.71. The number of nitrogens with one attached hydrogen (secondary N) is 1. The third kappa shape index (κ3) is 3.38. The first-order valence-corrected chi connectivity index (χ1v) is 9.33. The number of anilines is 1. The first-order valence-electron chi connectivity index (χ1n) is 9.33. The summed E-state index contributed by atoms with van der Waals surface area (Å²) in [6.45, 7) is 0. The van der Waals surface area contributed by atoms with Gasteiger partial charge in [0, 0.05) is 5.69 Å². The molecule has 2 N–H and O–H groups in total. The van der Waals surface area contributed by atoms with Gasteiger partial charge in [-0.15, -0.1) is 0 Å². The summed E-state index contributed by atoms with van der Waals surface area (Å²) in [6, 6.07) is 6.97. The molecule has 158 valence electrons. The molecule has 30 heavy (non-hydrogen) atoms. The predicted molar refractivity (Wildman–Crippen MR) is 98.0 cm³/mol. The highest BCUT2D eigenvalue weighted by Crippen LogP contribution is 2.48. The van der Waals surface area contributed by atoms with Crippen LogP contribution in [-0.4, -0.2) is 23.1 Å². The number of halogens is 4. The van der Waals surface area contributed by atoms with Gasteiger partial charge >= 0.3 is 12.1 Å². The number of fused-ring (bicyclic) bond motifs is 2. The van der Waals surface area contributed by atoms with Gasteiger partial charge in [0.15, 0.2) is 0 Å². The number of ether oxygens (including phenoxy) is 1. The van der Waals surface area contributed by atoms with Crippen molar-refractivity contribution in [1.82, 2.24) is 0 Å². The summed E-state index contributed by atoms with van der Waals surface area (Å²) in [7, 11) is 0. The van der Waals surface area contributed by atoms with E-state index in [0.29, 0.717) is 43.0 Å². The number of hydrogen-bond donors (Lipinski definition) is 2. The minimum atomic E-state index is -4.83. The van der Waals surface area contributed by atoms with E-state index in [-0.39, 0.29) is 17.2 Å². The first-order chi connectivity index (χ1) is 14.1. The van der Waals surface area contributed by atoms with Crippen molar-refractivity contribution in [1.29, 1.82) is 0 Å². The molecule has 1 fully saturated rings. The largest absolute Gasteiger partial charge is 0.490 e. The molecule has 1 saturated carbocycles. The molecule has 9 heteroatoms. The lowest BCUT2D eigenvalue weighted by Crippen LogP contribution is -2.41. The average molecular weight is 423 g/mol. The van der Waals surface area contributed by atoms with Gasteiger partial charge in [-0.1, -0.05) is 0 Å². The Balaban J connectivity index is 1.52. The van der Waals surface area contributed by atoms with Gasteiger partial charge in [0.25, 0.3) is 0 Å². The highest BCUT2D eigenvalue weighted by molar-refractivity contribution is 6.07. The molecule has 4 rings (SSSR count). The molecule has 0 unspecified atom stereocenters. The summed E-state index contributed by atoms with van der Waals surface area (Å²) >= 11 is 0. The van der Waals surface area contributed by atoms with Gasteiger partial charge in [-0.25, -0.2) is 9.18 Å². The summed E-state index contributed by atoms with van der Waals surface area (Å²) in [4.78, 5) is 24.0. The van der Waals surface area contributed by atoms with Crippen LogP contribution in [0.5, 0.6) is 5.75 Å². The zero-order valence-corrected chi connectivity index (χ0v) is 15.6. The summed E-state index contributed by atoms with van der Waals surface area (Å²) < 4.78 is 57.8. The van der Waals surface area contributed by atoms with Gasteiger partial charge in [-0.3, -0.25) is 4.79 Å². The van der Waals surface area contributed by atoms with Crippen LogP contribution in [0.15, 0.2) is 36.4 Å². The van der Waals surface area contributed by atoms with E-state index in [2.05, 4.69) is 5.32 Å². The molecular formula is C21H17F4NO4. The molecule has 0 bridgehead atoms. The molecule has 2 aliphatic rings. The summed E-state index contributed by atoms with van der Waals surface area (Å²) in [5.41, 5.74) is -1.02. The van der Waals surface area contributed by atoms with Crippen LogP contribution < -0.4 is 10.1 Å². The maximum absolute atomic E-state index is 13.5. The third-order valence-electron chi connectivity index (χ3n) is 5.80. The van der Waals surface area contributed by atoms with Gasteiger partial charge in [-0.2, -0.15) is 13.2 Å². The standard InChI is InChI=1S/C21H17F4NO4/c22-16-3-2-13(10-14(16)21(23,24)25)30-12-5-7-20(8-6-12)15-9-11(18(27)28)1-4-17(15)26-19(20)29/h1-4,9-10,12H,5-8H2,(H,26,29)(H,27,28)/t12-,20-. The third-order valence-corrected chi connectivity index (χ3v) is 5.80. The van der Waals surface area contributed by atoms with Gasteiger partial charge in [0.2, 0.25) is 5.91 Å². The molecule has 2 aromatic rings. The Labute approximate surface area is 168 Å². The highest BCUT2D eigenvalue weighted by Gasteiger charge is 2.49. The summed E-state index contributed by atoms with van der Waals surface area (Å²) in [6.07, 6.45) is -3.80. The number of carboxylic acids is 1. The molecule has 0 saturated heterocycles. The van der Waals surface area contributed by atoms with E-state index in [1.54, 1.807) is 6.07 Å². The van der Waals surface area contributed by atoms with Crippen LogP contribution in [0.4, 0.5) is 23.2 Å². The molecule has 1 heterocycles. The smallest absolute Gasteiger partial charge is 0.419 e. The van der Waals surface area contributed by atoms with Gasteiger partial charge in [0.1, 0.15) is 11.6 Å². The number of amides is 1. The Bertz CT molecular complexity index is 1030. The van der Waals surface area contributed by atoms with E-state index in [0.717, 1.165) is 12.1 Å². The van der Waals surface area contributed by atoms with Crippen molar-refractivity contribution < 1.29 is 37.0 Å². The lowest BCUT2D eigenvalue weighted by atomic mass is 9.69. The molecule has 0 aromatic heterocycles. The second-order valence-electron chi connectivity index (χ2n) is 7.56. The van der Waals surface area contributed by atoms with Crippen LogP contribution in [0.1, 0.15) is 47.2 Å². The van der Waals surface area contributed by atoms with Crippen LogP contribution in [0.3, 0.4) is 0 Å². The molecule has 0 atom stereocenters. The van der Waals surface area contributed by atoms with Crippen molar-refractivity contribution in [2.45, 2.75) is 43.4 Å². The van der Waals surface area contributed by atoms with E-state index in [1.165, 1.54) is 12.1 Å². The number of carboxylic acid groups (broad SMARTS) is 1. The number of rotatable bonds is 3. The number of alkyl halides is 3. The van der Waals surface area contributed by atoms with E-state index >= 15 is 0 Å². The number of carbonyl (C=O) groups excluding carboxylic acids is 1. The van der Waals surface area contributed by atoms with Crippen molar-refractivity contribution in [3.63, 3.8) is 0 Å². The van der Waals surface area contributed by atoms with E-state index < -0.39 is 35.0 Å². The van der Waals surface area contributed by atoms with Crippen molar-refractivity contribution >= 4 is 17.6 Å². The van der Waals surface area contributed by atoms with E-state index in [4.69, 9.17) is 4.74 Å². The molecule has 0 radical (unpaired) electrons. The lowest BCUT2D eigenvalue weighted by Gasteiger charge is -2.35. The minimum absolute atomic E-state index is 0.0778. The monoisotopic (exact) mass is 423 g/mol. The number of carbonyl (C=O) groups is 2. The van der Waals surface area contributed by atoms with Crippen molar-refractivity contribution in [2.24, 2.45) is 0 Å². The van der Waals surface area contributed by atoms with E-state index in [9.17, 15) is 32.3 Å². The fraction of sp³-hybridized carbons (Fsp3) is 0.333. The summed E-state index contributed by atoms with van der Waals surface area (Å²) in [5.74, 6) is -2.78. The Morgan fingerprint density at radius 1 is 1.13 bits per heavy atom. The molecule has 1 aliphatic carbocycles. The van der Waals surface area contributed by atoms with Crippen LogP contribution in [-0.2, 0) is 16.4 Å². The molecule has 1 aliphatic heterocycles.